The standard InChI is InChI=1S/C35H34BrN3O4S2/c1-3-42-35(41)33-24(2)28-22-27(13-14-31(28)43-33)45-39(16-15-25-9-5-4-6-10-25)30-12-8-7-11-29(30)37-17-19-38(20-18-37)34(40)32-21-26(36)23-44-32/h4-14,21-23H,3,15-20H2,1-2H3. The second kappa shape index (κ2) is 14.1. The van der Waals surface area contributed by atoms with Gasteiger partial charge in [0.25, 0.3) is 5.91 Å². The first-order chi connectivity index (χ1) is 21.9. The monoisotopic (exact) mass is 703 g/mol. The minimum atomic E-state index is -0.441. The number of furan rings is 1. The fourth-order valence-electron chi connectivity index (χ4n) is 5.54. The maximum absolute atomic E-state index is 13.1. The van der Waals surface area contributed by atoms with Crippen LogP contribution in [0, 0.1) is 6.92 Å². The van der Waals surface area contributed by atoms with Gasteiger partial charge in [0.1, 0.15) is 5.58 Å². The summed E-state index contributed by atoms with van der Waals surface area (Å²) in [6.45, 7) is 7.61. The zero-order valence-corrected chi connectivity index (χ0v) is 28.4. The molecule has 1 fully saturated rings. The van der Waals surface area contributed by atoms with Gasteiger partial charge in [-0.05, 0) is 90.1 Å². The highest BCUT2D eigenvalue weighted by Gasteiger charge is 2.26. The van der Waals surface area contributed by atoms with Gasteiger partial charge in [0, 0.05) is 58.4 Å². The third kappa shape index (κ3) is 7.08. The van der Waals surface area contributed by atoms with Crippen LogP contribution in [0.1, 0.15) is 38.3 Å². The topological polar surface area (TPSA) is 66.2 Å². The Morgan fingerprint density at radius 2 is 1.76 bits per heavy atom. The van der Waals surface area contributed by atoms with Crippen LogP contribution in [-0.2, 0) is 11.2 Å². The molecule has 0 atom stereocenters. The van der Waals surface area contributed by atoms with Crippen LogP contribution in [-0.4, -0.2) is 56.1 Å². The lowest BCUT2D eigenvalue weighted by Crippen LogP contribution is -2.49. The van der Waals surface area contributed by atoms with E-state index in [0.717, 1.165) is 62.6 Å². The van der Waals surface area contributed by atoms with Gasteiger partial charge >= 0.3 is 5.97 Å². The van der Waals surface area contributed by atoms with E-state index in [1.54, 1.807) is 18.9 Å². The quantitative estimate of drug-likeness (QED) is 0.107. The van der Waals surface area contributed by atoms with Gasteiger partial charge in [-0.2, -0.15) is 0 Å². The van der Waals surface area contributed by atoms with Crippen molar-refractivity contribution in [3.63, 3.8) is 0 Å². The summed E-state index contributed by atoms with van der Waals surface area (Å²) in [5.41, 5.74) is 4.99. The van der Waals surface area contributed by atoms with Crippen LogP contribution in [0.25, 0.3) is 11.0 Å². The number of hydrogen-bond donors (Lipinski definition) is 0. The summed E-state index contributed by atoms with van der Waals surface area (Å²) in [6, 6.07) is 27.0. The van der Waals surface area contributed by atoms with Crippen LogP contribution >= 0.6 is 39.2 Å². The molecule has 1 saturated heterocycles. The number of fused-ring (bicyclic) bond motifs is 1. The average Bonchev–Trinajstić information content (AvgIpc) is 3.66. The Kier molecular flexibility index (Phi) is 9.82. The van der Waals surface area contributed by atoms with Crippen molar-refractivity contribution in [2.45, 2.75) is 25.2 Å². The highest BCUT2D eigenvalue weighted by Crippen LogP contribution is 2.39. The smallest absolute Gasteiger partial charge is 0.374 e. The van der Waals surface area contributed by atoms with Crippen LogP contribution in [0.5, 0.6) is 0 Å². The Morgan fingerprint density at radius 3 is 2.49 bits per heavy atom. The van der Waals surface area contributed by atoms with Gasteiger partial charge < -0.3 is 23.3 Å². The van der Waals surface area contributed by atoms with Crippen molar-refractivity contribution in [3.8, 4) is 0 Å². The molecule has 10 heteroatoms. The van der Waals surface area contributed by atoms with E-state index in [1.807, 2.05) is 41.5 Å². The molecule has 232 valence electrons. The first kappa shape index (κ1) is 31.3. The number of esters is 1. The summed E-state index contributed by atoms with van der Waals surface area (Å²) in [5, 5.41) is 2.85. The molecule has 0 aliphatic carbocycles. The van der Waals surface area contributed by atoms with Gasteiger partial charge in [0.05, 0.1) is 22.9 Å². The summed E-state index contributed by atoms with van der Waals surface area (Å²) in [5.74, 6) is -0.0942. The number of rotatable bonds is 10. The van der Waals surface area contributed by atoms with Crippen molar-refractivity contribution >= 4 is 73.4 Å². The van der Waals surface area contributed by atoms with E-state index in [0.29, 0.717) is 25.3 Å². The zero-order valence-electron chi connectivity index (χ0n) is 25.2. The van der Waals surface area contributed by atoms with Crippen LogP contribution in [0.4, 0.5) is 11.4 Å². The second-order valence-electron chi connectivity index (χ2n) is 10.8. The summed E-state index contributed by atoms with van der Waals surface area (Å²) in [4.78, 5) is 31.7. The SMILES string of the molecule is CCOC(=O)c1oc2ccc(SN(CCc3ccccc3)c3ccccc3N3CCN(C(=O)c4cc(Br)cs4)CC3)cc2c1C. The number of nitrogens with zero attached hydrogens (tertiary/aromatic N) is 3. The Bertz CT molecular complexity index is 1800. The third-order valence-electron chi connectivity index (χ3n) is 7.87. The molecular weight excluding hydrogens is 670 g/mol. The predicted octanol–water partition coefficient (Wildman–Crippen LogP) is 8.46. The van der Waals surface area contributed by atoms with E-state index in [9.17, 15) is 9.59 Å². The lowest BCUT2D eigenvalue weighted by Gasteiger charge is -2.38. The fraction of sp³-hybridized carbons (Fsp3) is 0.257. The molecule has 0 N–H and O–H groups in total. The number of para-hydroxylation sites is 2. The molecular formula is C35H34BrN3O4S2. The zero-order chi connectivity index (χ0) is 31.3. The van der Waals surface area contributed by atoms with Gasteiger partial charge in [-0.25, -0.2) is 4.79 Å². The van der Waals surface area contributed by atoms with E-state index in [4.69, 9.17) is 9.15 Å². The van der Waals surface area contributed by atoms with E-state index in [2.05, 4.69) is 79.7 Å². The number of thiophene rings is 1. The molecule has 0 saturated carbocycles. The number of hydrogen-bond acceptors (Lipinski definition) is 8. The number of aryl methyl sites for hydroxylation is 1. The molecule has 0 spiro atoms. The second-order valence-corrected chi connectivity index (χ2v) is 13.7. The Hall–Kier alpha value is -3.73. The van der Waals surface area contributed by atoms with Gasteiger partial charge in [-0.1, -0.05) is 42.5 Å². The van der Waals surface area contributed by atoms with E-state index >= 15 is 0 Å². The van der Waals surface area contributed by atoms with Crippen molar-refractivity contribution in [2.24, 2.45) is 0 Å². The number of ether oxygens (including phenoxy) is 1. The molecule has 3 heterocycles. The number of anilines is 2. The third-order valence-corrected chi connectivity index (χ3v) is 10.6. The Balaban J connectivity index is 1.26. The van der Waals surface area contributed by atoms with Crippen molar-refractivity contribution < 1.29 is 18.7 Å². The number of benzene rings is 3. The molecule has 0 radical (unpaired) electrons. The van der Waals surface area contributed by atoms with Crippen LogP contribution in [0.2, 0.25) is 0 Å². The highest BCUT2D eigenvalue weighted by molar-refractivity contribution is 9.10. The van der Waals surface area contributed by atoms with Gasteiger partial charge in [-0.3, -0.25) is 4.79 Å². The summed E-state index contributed by atoms with van der Waals surface area (Å²) < 4.78 is 14.4. The molecule has 7 nitrogen and oxygen atoms in total. The largest absolute Gasteiger partial charge is 0.460 e. The molecule has 1 aliphatic rings. The number of amides is 1. The summed E-state index contributed by atoms with van der Waals surface area (Å²) in [7, 11) is 0. The van der Waals surface area contributed by atoms with Gasteiger partial charge in [0.2, 0.25) is 5.76 Å². The molecule has 0 unspecified atom stereocenters. The number of halogens is 1. The van der Waals surface area contributed by atoms with Gasteiger partial charge in [0.15, 0.2) is 0 Å². The summed E-state index contributed by atoms with van der Waals surface area (Å²) >= 11 is 6.62. The predicted molar refractivity (Wildman–Crippen MR) is 187 cm³/mol. The Labute approximate surface area is 280 Å². The van der Waals surface area contributed by atoms with E-state index in [1.165, 1.54) is 16.9 Å². The maximum Gasteiger partial charge on any atom is 0.374 e. The molecule has 2 aromatic heterocycles. The molecule has 6 rings (SSSR count). The summed E-state index contributed by atoms with van der Waals surface area (Å²) in [6.07, 6.45) is 0.876. The molecule has 45 heavy (non-hydrogen) atoms. The lowest BCUT2D eigenvalue weighted by atomic mass is 10.1. The number of carbonyl (C=O) groups excluding carboxylic acids is 2. The van der Waals surface area contributed by atoms with Gasteiger partial charge in [-0.15, -0.1) is 11.3 Å². The van der Waals surface area contributed by atoms with Crippen LogP contribution < -0.4 is 9.21 Å². The Morgan fingerprint density at radius 1 is 1.00 bits per heavy atom. The average molecular weight is 705 g/mol. The molecule has 0 bridgehead atoms. The van der Waals surface area contributed by atoms with E-state index in [-0.39, 0.29) is 11.7 Å². The minimum absolute atomic E-state index is 0.0923. The molecule has 3 aromatic carbocycles. The first-order valence-corrected chi connectivity index (χ1v) is 17.4. The molecule has 1 amide bonds. The van der Waals surface area contributed by atoms with Crippen molar-refractivity contribution in [3.05, 3.63) is 110 Å². The molecule has 5 aromatic rings. The highest BCUT2D eigenvalue weighted by atomic mass is 79.9. The number of piperazine rings is 1. The minimum Gasteiger partial charge on any atom is -0.460 e. The van der Waals surface area contributed by atoms with E-state index < -0.39 is 5.97 Å². The maximum atomic E-state index is 13.1. The van der Waals surface area contributed by atoms with Crippen molar-refractivity contribution in [1.29, 1.82) is 0 Å². The molecule has 1 aliphatic heterocycles. The number of carbonyl (C=O) groups is 2. The van der Waals surface area contributed by atoms with Crippen molar-refractivity contribution in [1.82, 2.24) is 4.90 Å². The lowest BCUT2D eigenvalue weighted by molar-refractivity contribution is 0.0491. The van der Waals surface area contributed by atoms with Crippen LogP contribution in [0.3, 0.4) is 0 Å². The fourth-order valence-corrected chi connectivity index (χ4v) is 7.92. The normalized spacial score (nSPS) is 13.3. The van der Waals surface area contributed by atoms with Crippen LogP contribution in [0.15, 0.2) is 98.0 Å². The first-order valence-electron chi connectivity index (χ1n) is 15.0. The van der Waals surface area contributed by atoms with Crippen molar-refractivity contribution in [2.75, 3.05) is 48.5 Å².